The lowest BCUT2D eigenvalue weighted by Gasteiger charge is -2.12. The van der Waals surface area contributed by atoms with Crippen LogP contribution in [0.15, 0.2) is 18.2 Å². The third-order valence-corrected chi connectivity index (χ3v) is 2.28. The number of hydrogen-bond donors (Lipinski definition) is 2. The molecule has 0 unspecified atom stereocenters. The molecule has 9 heteroatoms. The number of nitrogens with one attached hydrogen (secondary N) is 2. The molecule has 110 valence electrons. The van der Waals surface area contributed by atoms with Gasteiger partial charge < -0.3 is 10.6 Å². The lowest BCUT2D eigenvalue weighted by Crippen LogP contribution is -2.34. The van der Waals surface area contributed by atoms with Crippen molar-refractivity contribution in [3.8, 4) is 0 Å². The van der Waals surface area contributed by atoms with E-state index in [1.54, 1.807) is 12.2 Å². The van der Waals surface area contributed by atoms with Crippen molar-refractivity contribution in [1.29, 1.82) is 0 Å². The number of rotatable bonds is 5. The summed E-state index contributed by atoms with van der Waals surface area (Å²) in [7, 11) is 0. The van der Waals surface area contributed by atoms with Crippen LogP contribution in [-0.4, -0.2) is 30.1 Å². The van der Waals surface area contributed by atoms with Crippen LogP contribution in [0.5, 0.6) is 0 Å². The van der Waals surface area contributed by atoms with Gasteiger partial charge >= 0.3 is 6.18 Å². The van der Waals surface area contributed by atoms with E-state index >= 15 is 0 Å². The van der Waals surface area contributed by atoms with Crippen LogP contribution >= 0.6 is 0 Å². The Morgan fingerprint density at radius 3 is 2.55 bits per heavy atom. The van der Waals surface area contributed by atoms with Gasteiger partial charge in [0.15, 0.2) is 0 Å². The van der Waals surface area contributed by atoms with Gasteiger partial charge in [0.05, 0.1) is 10.5 Å². The van der Waals surface area contributed by atoms with Gasteiger partial charge in [0.25, 0.3) is 11.6 Å². The first-order chi connectivity index (χ1) is 9.24. The molecular weight excluding hydrogens is 279 g/mol. The molecule has 0 aliphatic heterocycles. The first-order valence-corrected chi connectivity index (χ1v) is 5.62. The van der Waals surface area contributed by atoms with Crippen LogP contribution in [0.3, 0.4) is 0 Å². The molecule has 6 nitrogen and oxygen atoms in total. The minimum Gasteiger partial charge on any atom is -0.385 e. The Bertz CT molecular complexity index is 517. The second-order valence-electron chi connectivity index (χ2n) is 3.82. The van der Waals surface area contributed by atoms with Crippen molar-refractivity contribution in [3.05, 3.63) is 33.9 Å². The van der Waals surface area contributed by atoms with E-state index in [1.807, 2.05) is 0 Å². The van der Waals surface area contributed by atoms with E-state index in [9.17, 15) is 28.1 Å². The molecular formula is C11H12F3N3O3. The molecule has 0 aliphatic carbocycles. The lowest BCUT2D eigenvalue weighted by molar-refractivity contribution is -0.384. The van der Waals surface area contributed by atoms with Crippen molar-refractivity contribution in [2.75, 3.05) is 18.4 Å². The summed E-state index contributed by atoms with van der Waals surface area (Å²) >= 11 is 0. The number of halogens is 3. The van der Waals surface area contributed by atoms with Crippen LogP contribution in [-0.2, 0) is 0 Å². The largest absolute Gasteiger partial charge is 0.405 e. The standard InChI is InChI=1S/C11H12F3N3O3/c1-2-15-9-4-3-7(17(19)20)5-8(9)10(18)16-6-11(12,13)14/h3-5,15H,2,6H2,1H3,(H,16,18). The maximum atomic E-state index is 12.0. The minimum atomic E-state index is -4.55. The third-order valence-electron chi connectivity index (χ3n) is 2.28. The smallest absolute Gasteiger partial charge is 0.385 e. The molecule has 0 heterocycles. The fourth-order valence-corrected chi connectivity index (χ4v) is 1.45. The first kappa shape index (κ1) is 15.7. The summed E-state index contributed by atoms with van der Waals surface area (Å²) in [5, 5.41) is 15.1. The number of carbonyl (C=O) groups excluding carboxylic acids is 1. The van der Waals surface area contributed by atoms with Crippen LogP contribution < -0.4 is 10.6 Å². The van der Waals surface area contributed by atoms with Crippen molar-refractivity contribution < 1.29 is 22.9 Å². The number of amides is 1. The molecule has 0 bridgehead atoms. The second kappa shape index (κ2) is 6.22. The van der Waals surface area contributed by atoms with Crippen molar-refractivity contribution in [2.24, 2.45) is 0 Å². The number of nitro benzene ring substituents is 1. The molecule has 0 saturated heterocycles. The van der Waals surface area contributed by atoms with E-state index in [0.29, 0.717) is 6.54 Å². The van der Waals surface area contributed by atoms with Gasteiger partial charge in [-0.05, 0) is 13.0 Å². The first-order valence-electron chi connectivity index (χ1n) is 5.62. The number of carbonyl (C=O) groups is 1. The van der Waals surface area contributed by atoms with E-state index < -0.39 is 23.6 Å². The zero-order chi connectivity index (χ0) is 15.3. The summed E-state index contributed by atoms with van der Waals surface area (Å²) in [5.74, 6) is -1.03. The zero-order valence-corrected chi connectivity index (χ0v) is 10.5. The predicted molar refractivity (Wildman–Crippen MR) is 65.6 cm³/mol. The molecule has 2 N–H and O–H groups in total. The average Bonchev–Trinajstić information content (AvgIpc) is 2.35. The molecule has 0 atom stereocenters. The van der Waals surface area contributed by atoms with Crippen LogP contribution in [0, 0.1) is 10.1 Å². The van der Waals surface area contributed by atoms with Crippen molar-refractivity contribution in [3.63, 3.8) is 0 Å². The molecule has 0 radical (unpaired) electrons. The van der Waals surface area contributed by atoms with E-state index in [4.69, 9.17) is 0 Å². The number of nitro groups is 1. The second-order valence-corrected chi connectivity index (χ2v) is 3.82. The fourth-order valence-electron chi connectivity index (χ4n) is 1.45. The summed E-state index contributed by atoms with van der Waals surface area (Å²) in [6.45, 7) is 0.635. The normalized spacial score (nSPS) is 11.0. The molecule has 20 heavy (non-hydrogen) atoms. The Morgan fingerprint density at radius 1 is 1.40 bits per heavy atom. The van der Waals surface area contributed by atoms with Crippen LogP contribution in [0.2, 0.25) is 0 Å². The van der Waals surface area contributed by atoms with E-state index in [1.165, 1.54) is 12.1 Å². The molecule has 0 aliphatic rings. The van der Waals surface area contributed by atoms with Gasteiger partial charge in [0.1, 0.15) is 6.54 Å². The van der Waals surface area contributed by atoms with Gasteiger partial charge in [-0.25, -0.2) is 0 Å². The topological polar surface area (TPSA) is 84.3 Å². The molecule has 0 aromatic heterocycles. The summed E-state index contributed by atoms with van der Waals surface area (Å²) in [5.41, 5.74) is -0.341. The number of non-ortho nitro benzene ring substituents is 1. The highest BCUT2D eigenvalue weighted by atomic mass is 19.4. The number of benzene rings is 1. The lowest BCUT2D eigenvalue weighted by atomic mass is 10.1. The Morgan fingerprint density at radius 2 is 2.05 bits per heavy atom. The van der Waals surface area contributed by atoms with Gasteiger partial charge in [0.2, 0.25) is 0 Å². The highest BCUT2D eigenvalue weighted by molar-refractivity contribution is 6.00. The summed E-state index contributed by atoms with van der Waals surface area (Å²) in [4.78, 5) is 21.6. The van der Waals surface area contributed by atoms with Crippen molar-refractivity contribution in [2.45, 2.75) is 13.1 Å². The number of hydrogen-bond acceptors (Lipinski definition) is 4. The Kier molecular flexibility index (Phi) is 4.89. The molecule has 0 spiro atoms. The van der Waals surface area contributed by atoms with E-state index in [2.05, 4.69) is 5.32 Å². The van der Waals surface area contributed by atoms with E-state index in [-0.39, 0.29) is 16.9 Å². The van der Waals surface area contributed by atoms with Gasteiger partial charge in [-0.1, -0.05) is 0 Å². The van der Waals surface area contributed by atoms with Gasteiger partial charge in [-0.15, -0.1) is 0 Å². The SMILES string of the molecule is CCNc1ccc([N+](=O)[O-])cc1C(=O)NCC(F)(F)F. The summed E-state index contributed by atoms with van der Waals surface area (Å²) < 4.78 is 36.1. The Hall–Kier alpha value is -2.32. The maximum Gasteiger partial charge on any atom is 0.405 e. The number of anilines is 1. The number of alkyl halides is 3. The summed E-state index contributed by atoms with van der Waals surface area (Å²) in [6, 6.07) is 3.38. The molecule has 1 aromatic carbocycles. The highest BCUT2D eigenvalue weighted by Crippen LogP contribution is 2.22. The third kappa shape index (κ3) is 4.41. The minimum absolute atomic E-state index is 0.203. The van der Waals surface area contributed by atoms with Crippen LogP contribution in [0.1, 0.15) is 17.3 Å². The van der Waals surface area contributed by atoms with Crippen LogP contribution in [0.25, 0.3) is 0 Å². The van der Waals surface area contributed by atoms with Crippen LogP contribution in [0.4, 0.5) is 24.5 Å². The maximum absolute atomic E-state index is 12.0. The Balaban J connectivity index is 3.02. The average molecular weight is 291 g/mol. The molecule has 0 saturated carbocycles. The molecule has 0 fully saturated rings. The number of nitrogens with zero attached hydrogens (tertiary/aromatic N) is 1. The molecule has 1 amide bonds. The van der Waals surface area contributed by atoms with Gasteiger partial charge in [-0.3, -0.25) is 14.9 Å². The molecule has 1 rings (SSSR count). The van der Waals surface area contributed by atoms with Gasteiger partial charge in [0, 0.05) is 24.4 Å². The zero-order valence-electron chi connectivity index (χ0n) is 10.5. The van der Waals surface area contributed by atoms with E-state index in [0.717, 1.165) is 6.07 Å². The Labute approximate surface area is 112 Å². The van der Waals surface area contributed by atoms with Crippen molar-refractivity contribution >= 4 is 17.3 Å². The van der Waals surface area contributed by atoms with Gasteiger partial charge in [-0.2, -0.15) is 13.2 Å². The monoisotopic (exact) mass is 291 g/mol. The highest BCUT2D eigenvalue weighted by Gasteiger charge is 2.28. The predicted octanol–water partition coefficient (Wildman–Crippen LogP) is 2.32. The molecule has 1 aromatic rings. The fraction of sp³-hybridized carbons (Fsp3) is 0.364. The van der Waals surface area contributed by atoms with Crippen molar-refractivity contribution in [1.82, 2.24) is 5.32 Å². The summed E-state index contributed by atoms with van der Waals surface area (Å²) in [6.07, 6.45) is -4.55. The quantitative estimate of drug-likeness (QED) is 0.644.